The molecule has 294 valence electrons. The highest BCUT2D eigenvalue weighted by Gasteiger charge is 2.63. The summed E-state index contributed by atoms with van der Waals surface area (Å²) < 4.78 is 39.4. The molecule has 6 rings (SSSR count). The van der Waals surface area contributed by atoms with E-state index in [-0.39, 0.29) is 31.2 Å². The van der Waals surface area contributed by atoms with Crippen LogP contribution in [0.3, 0.4) is 0 Å². The smallest absolute Gasteiger partial charge is 0.315 e. The van der Waals surface area contributed by atoms with E-state index in [1.165, 1.54) is 4.90 Å². The lowest BCUT2D eigenvalue weighted by Crippen LogP contribution is -2.60. The van der Waals surface area contributed by atoms with Crippen LogP contribution >= 0.6 is 0 Å². The van der Waals surface area contributed by atoms with Gasteiger partial charge in [0, 0.05) is 29.5 Å². The Morgan fingerprint density at radius 1 is 1.09 bits per heavy atom. The molecule has 1 aromatic carbocycles. The Balaban J connectivity index is 1.35. The van der Waals surface area contributed by atoms with E-state index in [0.29, 0.717) is 42.7 Å². The average Bonchev–Trinajstić information content (AvgIpc) is 3.97. The van der Waals surface area contributed by atoms with Crippen molar-refractivity contribution in [2.24, 2.45) is 17.8 Å². The molecule has 1 saturated heterocycles. The molecule has 2 aromatic rings. The van der Waals surface area contributed by atoms with Gasteiger partial charge in [-0.15, -0.1) is 0 Å². The van der Waals surface area contributed by atoms with E-state index in [1.807, 2.05) is 58.0 Å². The molecule has 14 nitrogen and oxygen atoms in total. The molecule has 0 radical (unpaired) electrons. The Hall–Kier alpha value is -4.40. The maximum Gasteiger partial charge on any atom is 0.315 e. The second-order valence-corrected chi connectivity index (χ2v) is 19.2. The van der Waals surface area contributed by atoms with Gasteiger partial charge in [0.1, 0.15) is 29.5 Å². The minimum atomic E-state index is -3.99. The first-order chi connectivity index (χ1) is 25.3. The van der Waals surface area contributed by atoms with Crippen molar-refractivity contribution < 1.29 is 37.1 Å². The summed E-state index contributed by atoms with van der Waals surface area (Å²) in [6.45, 7) is 11.1. The predicted octanol–water partition coefficient (Wildman–Crippen LogP) is 3.94. The summed E-state index contributed by atoms with van der Waals surface area (Å²) in [5.74, 6) is -1.43. The molecule has 3 fully saturated rings. The zero-order valence-electron chi connectivity index (χ0n) is 32.2. The highest BCUT2D eigenvalue weighted by Crippen LogP contribution is 2.47. The molecule has 15 heteroatoms. The van der Waals surface area contributed by atoms with Crippen LogP contribution in [0.25, 0.3) is 10.8 Å². The van der Waals surface area contributed by atoms with Crippen LogP contribution in [0.15, 0.2) is 42.6 Å². The number of ether oxygens (including phenoxy) is 2. The van der Waals surface area contributed by atoms with Gasteiger partial charge >= 0.3 is 6.03 Å². The Morgan fingerprint density at radius 2 is 1.83 bits per heavy atom. The van der Waals surface area contributed by atoms with Crippen molar-refractivity contribution in [2.75, 3.05) is 13.7 Å². The fourth-order valence-electron chi connectivity index (χ4n) is 7.62. The van der Waals surface area contributed by atoms with Crippen molar-refractivity contribution >= 4 is 44.5 Å². The quantitative estimate of drug-likeness (QED) is 0.303. The number of allylic oxidation sites excluding steroid dienone is 1. The van der Waals surface area contributed by atoms with Crippen LogP contribution in [0.1, 0.15) is 86.5 Å². The van der Waals surface area contributed by atoms with Gasteiger partial charge < -0.3 is 30.3 Å². The zero-order chi connectivity index (χ0) is 39.2. The van der Waals surface area contributed by atoms with Crippen LogP contribution in [-0.2, 0) is 24.4 Å². The molecule has 0 unspecified atom stereocenters. The SMILES string of the molecule is COc1ccc2c(O[C@@H]3C[C@H]4C(=O)N[C@]5(C(=O)NS(=O)(=O)C6(C)CC6)C[C@H]5C=CCC[C@@H](C)C[C@@H](C)[C@H](NC(=O)NC(C)(C)C)C(=O)N4C3)nccc2c1. The van der Waals surface area contributed by atoms with E-state index in [9.17, 15) is 27.6 Å². The van der Waals surface area contributed by atoms with Crippen molar-refractivity contribution in [1.29, 1.82) is 0 Å². The molecular weight excluding hydrogens is 713 g/mol. The van der Waals surface area contributed by atoms with Crippen LogP contribution < -0.4 is 30.1 Å². The van der Waals surface area contributed by atoms with E-state index in [4.69, 9.17) is 9.47 Å². The van der Waals surface area contributed by atoms with Crippen LogP contribution in [0, 0.1) is 17.8 Å². The van der Waals surface area contributed by atoms with Crippen molar-refractivity contribution in [3.05, 3.63) is 42.6 Å². The predicted molar refractivity (Wildman–Crippen MR) is 203 cm³/mol. The Kier molecular flexibility index (Phi) is 10.7. The third kappa shape index (κ3) is 8.30. The topological polar surface area (TPSA) is 185 Å². The maximum atomic E-state index is 14.8. The lowest BCUT2D eigenvalue weighted by atomic mass is 9.88. The van der Waals surface area contributed by atoms with E-state index in [0.717, 1.165) is 11.8 Å². The zero-order valence-corrected chi connectivity index (χ0v) is 33.0. The number of sulfonamides is 1. The number of rotatable bonds is 7. The van der Waals surface area contributed by atoms with E-state index in [2.05, 4.69) is 32.6 Å². The number of methoxy groups -OCH3 is 1. The van der Waals surface area contributed by atoms with Gasteiger partial charge in [0.25, 0.3) is 5.91 Å². The lowest BCUT2D eigenvalue weighted by molar-refractivity contribution is -0.142. The fraction of sp³-hybridized carbons (Fsp3) is 0.615. The molecule has 1 aromatic heterocycles. The van der Waals surface area contributed by atoms with Gasteiger partial charge in [0.2, 0.25) is 27.7 Å². The molecule has 5 amide bonds. The molecule has 7 atom stereocenters. The number of nitrogens with one attached hydrogen (secondary N) is 4. The monoisotopic (exact) mass is 766 g/mol. The van der Waals surface area contributed by atoms with Gasteiger partial charge in [-0.1, -0.05) is 26.0 Å². The molecule has 2 saturated carbocycles. The minimum Gasteiger partial charge on any atom is -0.497 e. The summed E-state index contributed by atoms with van der Waals surface area (Å²) >= 11 is 0. The number of fused-ring (bicyclic) bond motifs is 3. The number of carbonyl (C=O) groups excluding carboxylic acids is 4. The van der Waals surface area contributed by atoms with Gasteiger partial charge in [0.05, 0.1) is 18.4 Å². The van der Waals surface area contributed by atoms with Crippen LogP contribution in [0.2, 0.25) is 0 Å². The third-order valence-electron chi connectivity index (χ3n) is 11.2. The van der Waals surface area contributed by atoms with E-state index in [1.54, 1.807) is 26.3 Å². The van der Waals surface area contributed by atoms with Gasteiger partial charge in [-0.05, 0) is 108 Å². The molecule has 54 heavy (non-hydrogen) atoms. The van der Waals surface area contributed by atoms with Crippen molar-refractivity contribution in [1.82, 2.24) is 30.6 Å². The lowest BCUT2D eigenvalue weighted by Gasteiger charge is -2.33. The summed E-state index contributed by atoms with van der Waals surface area (Å²) in [4.78, 5) is 62.3. The number of pyridine rings is 1. The second-order valence-electron chi connectivity index (χ2n) is 17.0. The molecule has 0 spiro atoms. The van der Waals surface area contributed by atoms with Gasteiger partial charge in [0.15, 0.2) is 0 Å². The van der Waals surface area contributed by atoms with Gasteiger partial charge in [-0.2, -0.15) is 0 Å². The molecule has 0 bridgehead atoms. The van der Waals surface area contributed by atoms with E-state index < -0.39 is 73.7 Å². The fourth-order valence-corrected chi connectivity index (χ4v) is 8.93. The average molecular weight is 767 g/mol. The number of carbonyl (C=O) groups is 4. The molecule has 2 aliphatic heterocycles. The summed E-state index contributed by atoms with van der Waals surface area (Å²) in [6, 6.07) is 4.72. The number of nitrogens with zero attached hydrogens (tertiary/aromatic N) is 2. The van der Waals surface area contributed by atoms with Crippen LogP contribution in [0.5, 0.6) is 11.6 Å². The third-order valence-corrected chi connectivity index (χ3v) is 13.4. The van der Waals surface area contributed by atoms with Crippen LogP contribution in [-0.4, -0.2) is 89.7 Å². The van der Waals surface area contributed by atoms with Gasteiger partial charge in [-0.3, -0.25) is 19.1 Å². The van der Waals surface area contributed by atoms with Crippen LogP contribution in [0.4, 0.5) is 4.79 Å². The normalized spacial score (nSPS) is 29.8. The number of aromatic nitrogens is 1. The molecule has 4 N–H and O–H groups in total. The number of benzene rings is 1. The highest BCUT2D eigenvalue weighted by molar-refractivity contribution is 7.91. The van der Waals surface area contributed by atoms with Crippen molar-refractivity contribution in [2.45, 2.75) is 121 Å². The molecule has 4 aliphatic rings. The maximum absolute atomic E-state index is 14.8. The first kappa shape index (κ1) is 39.3. The number of amides is 5. The van der Waals surface area contributed by atoms with E-state index >= 15 is 0 Å². The summed E-state index contributed by atoms with van der Waals surface area (Å²) in [5.41, 5.74) is -2.08. The summed E-state index contributed by atoms with van der Waals surface area (Å²) in [6.07, 6.45) is 8.03. The Bertz CT molecular complexity index is 1940. The largest absolute Gasteiger partial charge is 0.497 e. The van der Waals surface area contributed by atoms with Crippen molar-refractivity contribution in [3.8, 4) is 11.6 Å². The number of hydrogen-bond donors (Lipinski definition) is 4. The second kappa shape index (κ2) is 14.7. The number of urea groups is 1. The highest BCUT2D eigenvalue weighted by atomic mass is 32.2. The summed E-state index contributed by atoms with van der Waals surface area (Å²) in [5, 5.41) is 10.3. The minimum absolute atomic E-state index is 0.00173. The molecule has 2 aliphatic carbocycles. The first-order valence-electron chi connectivity index (χ1n) is 18.9. The van der Waals surface area contributed by atoms with Crippen molar-refractivity contribution in [3.63, 3.8) is 0 Å². The first-order valence-corrected chi connectivity index (χ1v) is 20.4. The summed E-state index contributed by atoms with van der Waals surface area (Å²) in [7, 11) is -2.41. The Labute approximate surface area is 317 Å². The Morgan fingerprint density at radius 3 is 2.52 bits per heavy atom. The number of hydrogen-bond acceptors (Lipinski definition) is 9. The molecular formula is C39H54N6O8S. The van der Waals surface area contributed by atoms with Gasteiger partial charge in [-0.25, -0.2) is 18.2 Å². The molecule has 3 heterocycles. The standard InChI is InChI=1S/C39H54N6O8S/c1-23-10-8-9-11-26-21-39(26,35(48)44-54(50,51)38(6)15-16-38)42-32(46)30-20-28(53-33-29-13-12-27(52-7)19-25(29)14-17-40-33)22-45(30)34(47)31(24(2)18-23)41-36(49)43-37(3,4)5/h9,11-14,17,19,23-24,26,28,30-31H,8,10,15-16,18,20-22H2,1-7H3,(H,42,46)(H,44,48)(H2,41,43,49)/t23-,24-,26-,28-,30+,31+,39-/m1/s1.